The van der Waals surface area contributed by atoms with Crippen molar-refractivity contribution in [2.45, 2.75) is 31.3 Å². The van der Waals surface area contributed by atoms with E-state index in [0.29, 0.717) is 0 Å². The van der Waals surface area contributed by atoms with Gasteiger partial charge in [-0.05, 0) is 32.9 Å². The number of nitrogen functional groups attached to an aromatic ring is 1. The van der Waals surface area contributed by atoms with Gasteiger partial charge in [0.25, 0.3) is 0 Å². The number of ether oxygens (including phenoxy) is 2. The van der Waals surface area contributed by atoms with Gasteiger partial charge in [0.05, 0.1) is 10.6 Å². The molecule has 1 aromatic heterocycles. The molecule has 12 heteroatoms. The van der Waals surface area contributed by atoms with E-state index < -0.39 is 46.3 Å². The van der Waals surface area contributed by atoms with Gasteiger partial charge in [0.15, 0.2) is 15.0 Å². The number of thiazole rings is 1. The van der Waals surface area contributed by atoms with Gasteiger partial charge in [-0.15, -0.1) is 11.3 Å². The fourth-order valence-corrected chi connectivity index (χ4v) is 3.82. The number of esters is 2. The Morgan fingerprint density at radius 3 is 2.45 bits per heavy atom. The van der Waals surface area contributed by atoms with Gasteiger partial charge in [-0.1, -0.05) is 23.4 Å². The van der Waals surface area contributed by atoms with Crippen LogP contribution in [0.15, 0.2) is 45.8 Å². The number of carbonyl (C=O) groups is 2. The number of sulfone groups is 1. The largest absolute Gasteiger partial charge is 0.460 e. The zero-order valence-electron chi connectivity index (χ0n) is 17.2. The molecule has 0 saturated heterocycles. The Hall–Kier alpha value is -2.99. The van der Waals surface area contributed by atoms with Crippen LogP contribution in [0, 0.1) is 0 Å². The summed E-state index contributed by atoms with van der Waals surface area (Å²) in [5.74, 6) is -2.08. The van der Waals surface area contributed by atoms with Crippen LogP contribution in [0.4, 0.5) is 5.13 Å². The fraction of sp³-hybridized carbons (Fsp3) is 0.368. The van der Waals surface area contributed by atoms with Crippen LogP contribution in [0.5, 0.6) is 0 Å². The maximum absolute atomic E-state index is 12.5. The minimum Gasteiger partial charge on any atom is -0.460 e. The van der Waals surface area contributed by atoms with E-state index in [9.17, 15) is 18.0 Å². The third-order valence-corrected chi connectivity index (χ3v) is 5.77. The first-order chi connectivity index (χ1) is 14.5. The number of hydrogen-bond donors (Lipinski definition) is 1. The summed E-state index contributed by atoms with van der Waals surface area (Å²) in [6.45, 7) is 4.12. The summed E-state index contributed by atoms with van der Waals surface area (Å²) >= 11 is 1.06. The van der Waals surface area contributed by atoms with Crippen molar-refractivity contribution in [3.63, 3.8) is 0 Å². The van der Waals surface area contributed by atoms with Crippen molar-refractivity contribution in [3.8, 4) is 0 Å². The number of rotatable bonds is 9. The topological polar surface area (TPSA) is 147 Å². The van der Waals surface area contributed by atoms with Crippen molar-refractivity contribution in [2.75, 3.05) is 24.7 Å². The molecule has 168 valence electrons. The smallest absolute Gasteiger partial charge is 0.362 e. The number of carbonyl (C=O) groups excluding carboxylic acids is 2. The van der Waals surface area contributed by atoms with E-state index in [2.05, 4.69) is 10.1 Å². The second kappa shape index (κ2) is 10.4. The lowest BCUT2D eigenvalue weighted by Gasteiger charge is -2.18. The lowest BCUT2D eigenvalue weighted by Crippen LogP contribution is -2.27. The number of benzene rings is 1. The van der Waals surface area contributed by atoms with E-state index >= 15 is 0 Å². The van der Waals surface area contributed by atoms with Gasteiger partial charge in [0, 0.05) is 5.38 Å². The van der Waals surface area contributed by atoms with Gasteiger partial charge in [0.2, 0.25) is 12.3 Å². The van der Waals surface area contributed by atoms with Crippen molar-refractivity contribution in [1.29, 1.82) is 0 Å². The molecule has 0 amide bonds. The van der Waals surface area contributed by atoms with Crippen molar-refractivity contribution in [3.05, 3.63) is 41.4 Å². The van der Waals surface area contributed by atoms with Crippen LogP contribution >= 0.6 is 11.3 Å². The number of anilines is 1. The Morgan fingerprint density at radius 1 is 1.19 bits per heavy atom. The first kappa shape index (κ1) is 24.3. The molecule has 0 fully saturated rings. The van der Waals surface area contributed by atoms with Gasteiger partial charge in [-0.25, -0.2) is 23.0 Å². The van der Waals surface area contributed by atoms with Crippen molar-refractivity contribution in [1.82, 2.24) is 4.98 Å². The Bertz CT molecular complexity index is 1040. The number of nitrogens with two attached hydrogens (primary N) is 1. The zero-order valence-corrected chi connectivity index (χ0v) is 18.9. The van der Waals surface area contributed by atoms with Crippen LogP contribution in [0.25, 0.3) is 0 Å². The lowest BCUT2D eigenvalue weighted by molar-refractivity contribution is -0.160. The molecule has 2 rings (SSSR count). The van der Waals surface area contributed by atoms with Gasteiger partial charge < -0.3 is 20.0 Å². The van der Waals surface area contributed by atoms with Gasteiger partial charge in [-0.2, -0.15) is 0 Å². The summed E-state index contributed by atoms with van der Waals surface area (Å²) in [4.78, 5) is 33.2. The zero-order chi connectivity index (χ0) is 23.1. The second-order valence-electron chi connectivity index (χ2n) is 7.14. The summed E-state index contributed by atoms with van der Waals surface area (Å²) in [5.41, 5.74) is 4.60. The molecule has 2 N–H and O–H groups in total. The SMILES string of the molecule is CC(C)(C)OC(=O)CO/N=C(/C(=O)OCCS(=O)(=O)c1ccccc1)c1csc(N)n1. The van der Waals surface area contributed by atoms with Crippen molar-refractivity contribution >= 4 is 44.0 Å². The Balaban J connectivity index is 2.03. The number of oxime groups is 1. The van der Waals surface area contributed by atoms with Gasteiger partial charge in [-0.3, -0.25) is 0 Å². The molecule has 31 heavy (non-hydrogen) atoms. The predicted molar refractivity (Wildman–Crippen MR) is 114 cm³/mol. The van der Waals surface area contributed by atoms with E-state index in [1.54, 1.807) is 39.0 Å². The first-order valence-corrected chi connectivity index (χ1v) is 11.6. The minimum atomic E-state index is -3.63. The molecular weight excluding hydrogens is 446 g/mol. The molecular formula is C19H23N3O7S2. The van der Waals surface area contributed by atoms with Crippen LogP contribution in [0.2, 0.25) is 0 Å². The molecule has 0 aliphatic rings. The summed E-state index contributed by atoms with van der Waals surface area (Å²) < 4.78 is 34.7. The maximum Gasteiger partial charge on any atom is 0.362 e. The highest BCUT2D eigenvalue weighted by atomic mass is 32.2. The number of nitrogens with zero attached hydrogens (tertiary/aromatic N) is 2. The van der Waals surface area contributed by atoms with Crippen LogP contribution in [0.1, 0.15) is 26.5 Å². The molecule has 0 atom stereocenters. The standard InChI is InChI=1S/C19H23N3O7S2/c1-19(2,3)29-15(23)11-28-22-16(14-12-30-18(20)21-14)17(24)27-9-10-31(25,26)13-7-5-4-6-8-13/h4-8,12H,9-11H2,1-3H3,(H2,20,21)/b22-16+. The van der Waals surface area contributed by atoms with E-state index in [4.69, 9.17) is 20.0 Å². The van der Waals surface area contributed by atoms with E-state index in [0.717, 1.165) is 11.3 Å². The van der Waals surface area contributed by atoms with E-state index in [1.807, 2.05) is 0 Å². The fourth-order valence-electron chi connectivity index (χ4n) is 2.16. The lowest BCUT2D eigenvalue weighted by atomic mass is 10.2. The monoisotopic (exact) mass is 469 g/mol. The molecule has 0 saturated carbocycles. The molecule has 1 aromatic carbocycles. The minimum absolute atomic E-state index is 0.0719. The Labute approximate surface area is 183 Å². The van der Waals surface area contributed by atoms with Gasteiger partial charge >= 0.3 is 11.9 Å². The molecule has 0 aliphatic heterocycles. The van der Waals surface area contributed by atoms with Crippen LogP contribution in [-0.4, -0.2) is 55.6 Å². The maximum atomic E-state index is 12.5. The highest BCUT2D eigenvalue weighted by Crippen LogP contribution is 2.14. The van der Waals surface area contributed by atoms with Crippen LogP contribution in [-0.2, 0) is 33.7 Å². The predicted octanol–water partition coefficient (Wildman–Crippen LogP) is 1.80. The average Bonchev–Trinajstić information content (AvgIpc) is 3.10. The average molecular weight is 470 g/mol. The molecule has 0 spiro atoms. The Morgan fingerprint density at radius 2 is 1.87 bits per heavy atom. The summed E-state index contributed by atoms with van der Waals surface area (Å²) in [7, 11) is -3.63. The quantitative estimate of drug-likeness (QED) is 0.330. The Kier molecular flexibility index (Phi) is 8.11. The molecule has 0 unspecified atom stereocenters. The van der Waals surface area contributed by atoms with Crippen LogP contribution in [0.3, 0.4) is 0 Å². The number of aromatic nitrogens is 1. The molecule has 0 radical (unpaired) electrons. The molecule has 10 nitrogen and oxygen atoms in total. The van der Waals surface area contributed by atoms with Crippen molar-refractivity contribution < 1.29 is 32.3 Å². The summed E-state index contributed by atoms with van der Waals surface area (Å²) in [6.07, 6.45) is 0. The third kappa shape index (κ3) is 7.98. The normalized spacial score (nSPS) is 12.3. The molecule has 1 heterocycles. The van der Waals surface area contributed by atoms with Crippen molar-refractivity contribution in [2.24, 2.45) is 5.16 Å². The van der Waals surface area contributed by atoms with Gasteiger partial charge in [0.1, 0.15) is 17.9 Å². The van der Waals surface area contributed by atoms with Crippen LogP contribution < -0.4 is 5.73 Å². The third-order valence-electron chi connectivity index (χ3n) is 3.40. The summed E-state index contributed by atoms with van der Waals surface area (Å²) in [6, 6.07) is 7.79. The van der Waals surface area contributed by atoms with E-state index in [-0.39, 0.29) is 21.4 Å². The molecule has 0 aliphatic carbocycles. The molecule has 2 aromatic rings. The summed E-state index contributed by atoms with van der Waals surface area (Å²) in [5, 5.41) is 5.26. The number of hydrogen-bond acceptors (Lipinski definition) is 11. The second-order valence-corrected chi connectivity index (χ2v) is 10.1. The van der Waals surface area contributed by atoms with E-state index in [1.165, 1.54) is 17.5 Å². The highest BCUT2D eigenvalue weighted by Gasteiger charge is 2.23. The highest BCUT2D eigenvalue weighted by molar-refractivity contribution is 7.91. The molecule has 0 bridgehead atoms. The first-order valence-electron chi connectivity index (χ1n) is 9.06.